The number of rotatable bonds is 10. The van der Waals surface area contributed by atoms with E-state index in [-0.39, 0.29) is 22.9 Å². The Kier molecular flexibility index (Phi) is 8.16. The zero-order valence-corrected chi connectivity index (χ0v) is 17.1. The summed E-state index contributed by atoms with van der Waals surface area (Å²) in [4.78, 5) is 14.6. The quantitative estimate of drug-likeness (QED) is 0.676. The summed E-state index contributed by atoms with van der Waals surface area (Å²) >= 11 is 0. The topological polar surface area (TPSA) is 57.5 Å². The second-order valence-corrected chi connectivity index (χ2v) is 8.53. The Morgan fingerprint density at radius 1 is 1.20 bits per heavy atom. The van der Waals surface area contributed by atoms with Gasteiger partial charge in [-0.15, -0.1) is 0 Å². The monoisotopic (exact) mass is 351 g/mol. The molecule has 1 rings (SSSR count). The third-order valence-corrected chi connectivity index (χ3v) is 4.32. The number of likely N-dealkylation sites (N-methyl/N-ethyl adjacent to an activating group) is 1. The first-order valence-corrected chi connectivity index (χ1v) is 9.37. The molecule has 0 spiro atoms. The highest BCUT2D eigenvalue weighted by Crippen LogP contribution is 2.26. The largest absolute Gasteiger partial charge is 0.468 e. The molecule has 0 saturated heterocycles. The minimum atomic E-state index is -0.0745. The summed E-state index contributed by atoms with van der Waals surface area (Å²) in [7, 11) is 0. The van der Waals surface area contributed by atoms with Gasteiger partial charge in [0.2, 0.25) is 5.91 Å². The van der Waals surface area contributed by atoms with Crippen LogP contribution in [0.4, 0.5) is 0 Å². The Morgan fingerprint density at radius 3 is 2.32 bits per heavy atom. The molecule has 1 aromatic heterocycles. The smallest absolute Gasteiger partial charge is 0.234 e. The van der Waals surface area contributed by atoms with Crippen LogP contribution in [0.1, 0.15) is 66.7 Å². The van der Waals surface area contributed by atoms with Gasteiger partial charge in [-0.25, -0.2) is 0 Å². The molecule has 2 N–H and O–H groups in total. The number of nitrogens with zero attached hydrogens (tertiary/aromatic N) is 1. The number of amides is 1. The minimum Gasteiger partial charge on any atom is -0.468 e. The Labute approximate surface area is 153 Å². The first-order valence-electron chi connectivity index (χ1n) is 9.37. The van der Waals surface area contributed by atoms with Crippen molar-refractivity contribution in [2.45, 2.75) is 66.5 Å². The number of carbonyl (C=O) groups is 1. The van der Waals surface area contributed by atoms with Gasteiger partial charge in [0.05, 0.1) is 18.8 Å². The van der Waals surface area contributed by atoms with Crippen LogP contribution in [0.25, 0.3) is 0 Å². The highest BCUT2D eigenvalue weighted by atomic mass is 16.3. The maximum Gasteiger partial charge on any atom is 0.234 e. The van der Waals surface area contributed by atoms with Crippen molar-refractivity contribution in [3.05, 3.63) is 24.2 Å². The van der Waals surface area contributed by atoms with Crippen molar-refractivity contribution >= 4 is 5.91 Å². The molecule has 1 atom stereocenters. The number of furan rings is 1. The fourth-order valence-electron chi connectivity index (χ4n) is 3.54. The first-order chi connectivity index (χ1) is 11.6. The van der Waals surface area contributed by atoms with E-state index < -0.39 is 0 Å². The summed E-state index contributed by atoms with van der Waals surface area (Å²) in [6, 6.07) is 3.93. The fraction of sp³-hybridized carbons (Fsp3) is 0.750. The summed E-state index contributed by atoms with van der Waals surface area (Å²) in [5, 5.41) is 6.43. The predicted octanol–water partition coefficient (Wildman–Crippen LogP) is 3.58. The van der Waals surface area contributed by atoms with Gasteiger partial charge in [-0.1, -0.05) is 34.6 Å². The molecule has 5 heteroatoms. The summed E-state index contributed by atoms with van der Waals surface area (Å²) in [5.74, 6) is 0.913. The molecule has 0 saturated carbocycles. The lowest BCUT2D eigenvalue weighted by Crippen LogP contribution is -2.48. The summed E-state index contributed by atoms with van der Waals surface area (Å²) in [6.07, 6.45) is 2.69. The lowest BCUT2D eigenvalue weighted by atomic mass is 9.82. The third kappa shape index (κ3) is 8.06. The van der Waals surface area contributed by atoms with Crippen LogP contribution in [0.15, 0.2) is 22.8 Å². The van der Waals surface area contributed by atoms with E-state index in [1.165, 1.54) is 0 Å². The lowest BCUT2D eigenvalue weighted by Gasteiger charge is -2.33. The predicted molar refractivity (Wildman–Crippen MR) is 104 cm³/mol. The van der Waals surface area contributed by atoms with Gasteiger partial charge in [0.15, 0.2) is 0 Å². The van der Waals surface area contributed by atoms with Gasteiger partial charge in [-0.2, -0.15) is 0 Å². The standard InChI is InChI=1S/C20H37N3O2/c1-8-23(9-2)16(17-11-10-12-25-17)13-21-18(24)14-22-20(6,7)15-19(3,4)5/h10-12,16,22H,8-9,13-15H2,1-7H3,(H,21,24)/t16-/m1/s1. The molecule has 25 heavy (non-hydrogen) atoms. The molecule has 0 aliphatic rings. The van der Waals surface area contributed by atoms with Gasteiger partial charge in [0.25, 0.3) is 0 Å². The second kappa shape index (κ2) is 9.39. The second-order valence-electron chi connectivity index (χ2n) is 8.53. The summed E-state index contributed by atoms with van der Waals surface area (Å²) < 4.78 is 5.57. The van der Waals surface area contributed by atoms with Crippen LogP contribution in [0, 0.1) is 5.41 Å². The normalized spacial score (nSPS) is 13.9. The van der Waals surface area contributed by atoms with Crippen LogP contribution in [0.2, 0.25) is 0 Å². The fourth-order valence-corrected chi connectivity index (χ4v) is 3.54. The molecule has 1 amide bonds. The van der Waals surface area contributed by atoms with E-state index in [4.69, 9.17) is 4.42 Å². The molecule has 144 valence electrons. The van der Waals surface area contributed by atoms with Crippen molar-refractivity contribution < 1.29 is 9.21 Å². The number of hydrogen-bond acceptors (Lipinski definition) is 4. The molecule has 0 aliphatic heterocycles. The van der Waals surface area contributed by atoms with Gasteiger partial charge in [-0.3, -0.25) is 9.69 Å². The van der Waals surface area contributed by atoms with E-state index in [1.807, 2.05) is 12.1 Å². The minimum absolute atomic E-state index is 0.0192. The van der Waals surface area contributed by atoms with Crippen molar-refractivity contribution in [3.8, 4) is 0 Å². The molecule has 0 unspecified atom stereocenters. The molecule has 0 aliphatic carbocycles. The van der Waals surface area contributed by atoms with Crippen LogP contribution in [0.3, 0.4) is 0 Å². The highest BCUT2D eigenvalue weighted by molar-refractivity contribution is 5.78. The Hall–Kier alpha value is -1.33. The van der Waals surface area contributed by atoms with Crippen LogP contribution in [-0.4, -0.2) is 42.5 Å². The maximum atomic E-state index is 12.3. The zero-order valence-electron chi connectivity index (χ0n) is 17.1. The average molecular weight is 352 g/mol. The molecule has 1 heterocycles. The Morgan fingerprint density at radius 2 is 1.84 bits per heavy atom. The van der Waals surface area contributed by atoms with Crippen molar-refractivity contribution in [2.24, 2.45) is 5.41 Å². The Bertz CT molecular complexity index is 500. The van der Waals surface area contributed by atoms with Crippen molar-refractivity contribution in [2.75, 3.05) is 26.2 Å². The van der Waals surface area contributed by atoms with E-state index in [0.717, 1.165) is 25.3 Å². The van der Waals surface area contributed by atoms with Crippen molar-refractivity contribution in [3.63, 3.8) is 0 Å². The van der Waals surface area contributed by atoms with Gasteiger partial charge >= 0.3 is 0 Å². The van der Waals surface area contributed by atoms with E-state index in [2.05, 4.69) is 64.0 Å². The van der Waals surface area contributed by atoms with Crippen molar-refractivity contribution in [1.29, 1.82) is 0 Å². The number of hydrogen-bond donors (Lipinski definition) is 2. The molecular weight excluding hydrogens is 314 g/mol. The molecule has 1 aromatic rings. The summed E-state index contributed by atoms with van der Waals surface area (Å²) in [6.45, 7) is 17.9. The number of carbonyl (C=O) groups excluding carboxylic acids is 1. The Balaban J connectivity index is 2.55. The zero-order chi connectivity index (χ0) is 19.1. The SMILES string of the molecule is CCN(CC)[C@H](CNC(=O)CNC(C)(C)CC(C)(C)C)c1ccco1. The molecule has 0 aromatic carbocycles. The molecule has 0 bridgehead atoms. The van der Waals surface area contributed by atoms with Gasteiger partial charge in [0.1, 0.15) is 5.76 Å². The van der Waals surface area contributed by atoms with E-state index in [9.17, 15) is 4.79 Å². The van der Waals surface area contributed by atoms with E-state index in [0.29, 0.717) is 13.1 Å². The molecule has 0 radical (unpaired) electrons. The van der Waals surface area contributed by atoms with Crippen LogP contribution >= 0.6 is 0 Å². The molecule has 0 fully saturated rings. The third-order valence-electron chi connectivity index (χ3n) is 4.32. The maximum absolute atomic E-state index is 12.3. The van der Waals surface area contributed by atoms with Gasteiger partial charge in [-0.05, 0) is 50.9 Å². The molecular formula is C20H37N3O2. The summed E-state index contributed by atoms with van der Waals surface area (Å²) in [5.41, 5.74) is 0.148. The average Bonchev–Trinajstić information content (AvgIpc) is 3.01. The van der Waals surface area contributed by atoms with Crippen LogP contribution in [-0.2, 0) is 4.79 Å². The lowest BCUT2D eigenvalue weighted by molar-refractivity contribution is -0.120. The van der Waals surface area contributed by atoms with Crippen molar-refractivity contribution in [1.82, 2.24) is 15.5 Å². The highest BCUT2D eigenvalue weighted by Gasteiger charge is 2.26. The van der Waals surface area contributed by atoms with Crippen LogP contribution in [0.5, 0.6) is 0 Å². The van der Waals surface area contributed by atoms with E-state index >= 15 is 0 Å². The van der Waals surface area contributed by atoms with Gasteiger partial charge in [0, 0.05) is 12.1 Å². The first kappa shape index (κ1) is 21.7. The number of nitrogens with one attached hydrogen (secondary N) is 2. The van der Waals surface area contributed by atoms with Gasteiger partial charge < -0.3 is 15.1 Å². The molecule has 5 nitrogen and oxygen atoms in total. The van der Waals surface area contributed by atoms with Crippen LogP contribution < -0.4 is 10.6 Å². The van der Waals surface area contributed by atoms with E-state index in [1.54, 1.807) is 6.26 Å².